The van der Waals surface area contributed by atoms with Gasteiger partial charge in [-0.1, -0.05) is 38.1 Å². The summed E-state index contributed by atoms with van der Waals surface area (Å²) in [4.78, 5) is 37.2. The van der Waals surface area contributed by atoms with Crippen LogP contribution in [0.4, 0.5) is 0 Å². The number of benzene rings is 2. The number of hydrogen-bond donors (Lipinski definition) is 5. The van der Waals surface area contributed by atoms with Gasteiger partial charge in [-0.25, -0.2) is 0 Å². The summed E-state index contributed by atoms with van der Waals surface area (Å²) in [5.74, 6) is -2.34. The Bertz CT molecular complexity index is 944. The van der Waals surface area contributed by atoms with Crippen LogP contribution in [0.25, 0.3) is 0 Å². The zero-order chi connectivity index (χ0) is 24.5. The van der Waals surface area contributed by atoms with Crippen LogP contribution in [0.5, 0.6) is 11.5 Å². The van der Waals surface area contributed by atoms with Crippen molar-refractivity contribution in [2.45, 2.75) is 51.2 Å². The van der Waals surface area contributed by atoms with E-state index in [2.05, 4.69) is 16.4 Å². The van der Waals surface area contributed by atoms with E-state index in [1.54, 1.807) is 24.3 Å². The van der Waals surface area contributed by atoms with Gasteiger partial charge in [-0.15, -0.1) is 0 Å². The molecule has 9 nitrogen and oxygen atoms in total. The second-order valence-corrected chi connectivity index (χ2v) is 8.51. The Labute approximate surface area is 192 Å². The van der Waals surface area contributed by atoms with E-state index < -0.39 is 35.9 Å². The summed E-state index contributed by atoms with van der Waals surface area (Å²) < 4.78 is 0. The fourth-order valence-corrected chi connectivity index (χ4v) is 3.33. The van der Waals surface area contributed by atoms with Crippen molar-refractivity contribution >= 4 is 17.8 Å². The number of quaternary nitrogens is 1. The molecular weight excluding hydrogens is 426 g/mol. The molecule has 33 heavy (non-hydrogen) atoms. The van der Waals surface area contributed by atoms with Crippen LogP contribution in [0.1, 0.15) is 31.4 Å². The summed E-state index contributed by atoms with van der Waals surface area (Å²) in [6, 6.07) is 9.56. The molecular formula is C24H31N3O6. The highest BCUT2D eigenvalue weighted by atomic mass is 16.4. The van der Waals surface area contributed by atoms with Gasteiger partial charge < -0.3 is 36.5 Å². The Kier molecular flexibility index (Phi) is 9.23. The van der Waals surface area contributed by atoms with Crippen LogP contribution in [0, 0.1) is 5.92 Å². The highest BCUT2D eigenvalue weighted by molar-refractivity contribution is 5.91. The number of hydrogen-bond acceptors (Lipinski definition) is 6. The van der Waals surface area contributed by atoms with Gasteiger partial charge in [0, 0.05) is 12.8 Å². The summed E-state index contributed by atoms with van der Waals surface area (Å²) in [6.45, 7) is 3.66. The third-order valence-corrected chi connectivity index (χ3v) is 5.11. The van der Waals surface area contributed by atoms with Gasteiger partial charge in [0.15, 0.2) is 6.04 Å². The van der Waals surface area contributed by atoms with Gasteiger partial charge in [-0.3, -0.25) is 9.59 Å². The Balaban J connectivity index is 2.15. The first kappa shape index (κ1) is 25.7. The van der Waals surface area contributed by atoms with E-state index in [-0.39, 0.29) is 36.7 Å². The number of rotatable bonds is 11. The summed E-state index contributed by atoms with van der Waals surface area (Å²) in [7, 11) is 0. The molecule has 0 aromatic heterocycles. The van der Waals surface area contributed by atoms with Crippen molar-refractivity contribution < 1.29 is 35.4 Å². The molecule has 0 fully saturated rings. The molecule has 0 aliphatic carbocycles. The second-order valence-electron chi connectivity index (χ2n) is 8.51. The molecule has 2 rings (SSSR count). The predicted molar refractivity (Wildman–Crippen MR) is 119 cm³/mol. The van der Waals surface area contributed by atoms with Crippen LogP contribution in [-0.2, 0) is 27.2 Å². The van der Waals surface area contributed by atoms with Crippen molar-refractivity contribution in [2.24, 2.45) is 5.92 Å². The van der Waals surface area contributed by atoms with Crippen molar-refractivity contribution in [1.29, 1.82) is 0 Å². The molecule has 3 unspecified atom stereocenters. The maximum Gasteiger partial charge on any atom is 0.279 e. The molecule has 0 bridgehead atoms. The van der Waals surface area contributed by atoms with Crippen molar-refractivity contribution in [1.82, 2.24) is 10.6 Å². The maximum atomic E-state index is 13.0. The lowest BCUT2D eigenvalue weighted by Gasteiger charge is -2.25. The molecule has 0 aliphatic heterocycles. The highest BCUT2D eigenvalue weighted by Gasteiger charge is 2.28. The number of amides is 2. The third-order valence-electron chi connectivity index (χ3n) is 5.11. The van der Waals surface area contributed by atoms with Gasteiger partial charge in [-0.05, 0) is 47.7 Å². The minimum atomic E-state index is -1.39. The Morgan fingerprint density at radius 1 is 0.818 bits per heavy atom. The molecule has 0 radical (unpaired) electrons. The minimum absolute atomic E-state index is 0.00729. The fraction of sp³-hybridized carbons (Fsp3) is 0.375. The van der Waals surface area contributed by atoms with E-state index in [4.69, 9.17) is 0 Å². The number of aliphatic carboxylic acids is 1. The first-order chi connectivity index (χ1) is 15.5. The molecule has 7 N–H and O–H groups in total. The zero-order valence-corrected chi connectivity index (χ0v) is 18.8. The molecule has 2 aromatic carbocycles. The van der Waals surface area contributed by atoms with E-state index in [1.807, 2.05) is 13.8 Å². The Morgan fingerprint density at radius 2 is 1.27 bits per heavy atom. The number of aromatic hydroxyl groups is 2. The minimum Gasteiger partial charge on any atom is -0.548 e. The van der Waals surface area contributed by atoms with E-state index in [1.165, 1.54) is 24.3 Å². The zero-order valence-electron chi connectivity index (χ0n) is 18.8. The molecule has 0 heterocycles. The quantitative estimate of drug-likeness (QED) is 0.298. The number of nitrogens with one attached hydrogen (secondary N) is 2. The van der Waals surface area contributed by atoms with Crippen LogP contribution in [0.15, 0.2) is 48.5 Å². The van der Waals surface area contributed by atoms with Crippen LogP contribution >= 0.6 is 0 Å². The van der Waals surface area contributed by atoms with Gasteiger partial charge in [0.1, 0.15) is 17.5 Å². The molecule has 3 atom stereocenters. The number of phenols is 2. The lowest BCUT2D eigenvalue weighted by molar-refractivity contribution is -0.403. The molecule has 9 heteroatoms. The number of carboxylic acid groups (broad SMARTS) is 1. The first-order valence-electron chi connectivity index (χ1n) is 10.8. The van der Waals surface area contributed by atoms with Crippen molar-refractivity contribution in [3.63, 3.8) is 0 Å². The predicted octanol–water partition coefficient (Wildman–Crippen LogP) is -0.741. The fourth-order valence-electron chi connectivity index (χ4n) is 3.33. The number of carboxylic acids is 1. The molecule has 0 aliphatic rings. The standard InChI is InChI=1S/C24H31N3O6/c1-14(2)11-21(24(32)33)27-23(31)20(13-16-5-9-18(29)10-6-16)26-22(30)19(25)12-15-3-7-17(28)8-4-15/h3-10,14,19-21,28-29H,11-13,25H2,1-2H3,(H,26,30)(H,27,31)(H,32,33). The Morgan fingerprint density at radius 3 is 1.73 bits per heavy atom. The van der Waals surface area contributed by atoms with Crippen LogP contribution in [0.3, 0.4) is 0 Å². The SMILES string of the molecule is CC(C)CC(NC(=O)C(Cc1ccc(O)cc1)NC(=O)C([NH3+])Cc1ccc(O)cc1)C(=O)[O-]. The van der Waals surface area contributed by atoms with Crippen LogP contribution < -0.4 is 21.5 Å². The van der Waals surface area contributed by atoms with Gasteiger partial charge >= 0.3 is 0 Å². The third kappa shape index (κ3) is 8.46. The van der Waals surface area contributed by atoms with Gasteiger partial charge in [0.2, 0.25) is 5.91 Å². The van der Waals surface area contributed by atoms with E-state index in [9.17, 15) is 29.7 Å². The maximum absolute atomic E-state index is 13.0. The summed E-state index contributed by atoms with van der Waals surface area (Å²) in [6.07, 6.45) is 0.562. The summed E-state index contributed by atoms with van der Waals surface area (Å²) in [5, 5.41) is 35.5. The molecule has 0 spiro atoms. The van der Waals surface area contributed by atoms with Gasteiger partial charge in [0.05, 0.1) is 12.0 Å². The van der Waals surface area contributed by atoms with Crippen molar-refractivity contribution in [2.75, 3.05) is 0 Å². The highest BCUT2D eigenvalue weighted by Crippen LogP contribution is 2.13. The van der Waals surface area contributed by atoms with E-state index in [0.29, 0.717) is 5.56 Å². The van der Waals surface area contributed by atoms with Crippen LogP contribution in [0.2, 0.25) is 0 Å². The van der Waals surface area contributed by atoms with Crippen LogP contribution in [-0.4, -0.2) is 46.1 Å². The van der Waals surface area contributed by atoms with Crippen molar-refractivity contribution in [3.05, 3.63) is 59.7 Å². The lowest BCUT2D eigenvalue weighted by atomic mass is 10.0. The summed E-state index contributed by atoms with van der Waals surface area (Å²) in [5.41, 5.74) is 5.33. The number of phenolic OH excluding ortho intramolecular Hbond substituents is 2. The van der Waals surface area contributed by atoms with Crippen molar-refractivity contribution in [3.8, 4) is 11.5 Å². The monoisotopic (exact) mass is 457 g/mol. The molecule has 0 saturated heterocycles. The molecule has 0 saturated carbocycles. The molecule has 2 amide bonds. The summed E-state index contributed by atoms with van der Waals surface area (Å²) >= 11 is 0. The largest absolute Gasteiger partial charge is 0.548 e. The van der Waals surface area contributed by atoms with Gasteiger partial charge in [-0.2, -0.15) is 0 Å². The topological polar surface area (TPSA) is 166 Å². The number of carbonyl (C=O) groups is 3. The van der Waals surface area contributed by atoms with E-state index >= 15 is 0 Å². The molecule has 2 aromatic rings. The lowest BCUT2D eigenvalue weighted by Crippen LogP contribution is -2.70. The number of carbonyl (C=O) groups excluding carboxylic acids is 3. The Hall–Kier alpha value is -3.59. The normalized spacial score (nSPS) is 13.7. The van der Waals surface area contributed by atoms with E-state index in [0.717, 1.165) is 5.56 Å². The first-order valence-corrected chi connectivity index (χ1v) is 10.8. The van der Waals surface area contributed by atoms with Gasteiger partial charge in [0.25, 0.3) is 5.91 Å². The average molecular weight is 458 g/mol. The average Bonchev–Trinajstić information content (AvgIpc) is 2.75. The smallest absolute Gasteiger partial charge is 0.279 e. The second kappa shape index (κ2) is 11.9. The molecule has 178 valence electrons.